The van der Waals surface area contributed by atoms with Crippen LogP contribution in [0.2, 0.25) is 0 Å². The predicted octanol–water partition coefficient (Wildman–Crippen LogP) is 6.03. The number of ether oxygens (including phenoxy) is 2. The summed E-state index contributed by atoms with van der Waals surface area (Å²) in [5.74, 6) is 0.149. The number of esters is 2. The molecule has 0 saturated heterocycles. The zero-order chi connectivity index (χ0) is 22.3. The second-order valence-electron chi connectivity index (χ2n) is 9.41. The van der Waals surface area contributed by atoms with Crippen LogP contribution in [-0.2, 0) is 14.3 Å². The molecule has 5 heteroatoms. The minimum absolute atomic E-state index is 0.0376. The largest absolute Gasteiger partial charge is 0.508 e. The molecular weight excluding hydrogens is 368 g/mol. The summed E-state index contributed by atoms with van der Waals surface area (Å²) in [6.45, 7) is 13.6. The standard InChI is InChI=1S/C12H16O3.C12H22O2/c1-4-12(2,3)11(14)15-10-7-5-6-9(13)8-10;1-5-11(2,3)10(13)14-12(4)8-6-7-9-12/h5-8,13H,4H2,1-3H3;5-9H2,1-4H3. The van der Waals surface area contributed by atoms with E-state index in [0.29, 0.717) is 12.2 Å². The number of carbonyl (C=O) groups is 2. The molecule has 0 spiro atoms. The Balaban J connectivity index is 0.000000291. The van der Waals surface area contributed by atoms with Crippen LogP contribution >= 0.6 is 0 Å². The number of benzene rings is 1. The van der Waals surface area contributed by atoms with E-state index >= 15 is 0 Å². The molecule has 1 N–H and O–H groups in total. The first-order valence-corrected chi connectivity index (χ1v) is 10.6. The first kappa shape index (κ1) is 25.0. The van der Waals surface area contributed by atoms with Gasteiger partial charge in [-0.25, -0.2) is 0 Å². The molecule has 29 heavy (non-hydrogen) atoms. The van der Waals surface area contributed by atoms with Crippen molar-refractivity contribution >= 4 is 11.9 Å². The van der Waals surface area contributed by atoms with Crippen molar-refractivity contribution in [2.45, 2.75) is 92.6 Å². The number of hydrogen-bond acceptors (Lipinski definition) is 5. The summed E-state index contributed by atoms with van der Waals surface area (Å²) in [7, 11) is 0. The minimum Gasteiger partial charge on any atom is -0.508 e. The molecule has 0 aliphatic heterocycles. The van der Waals surface area contributed by atoms with E-state index in [4.69, 9.17) is 9.47 Å². The fraction of sp³-hybridized carbons (Fsp3) is 0.667. The van der Waals surface area contributed by atoms with Crippen molar-refractivity contribution in [2.75, 3.05) is 0 Å². The Morgan fingerprint density at radius 3 is 2.00 bits per heavy atom. The van der Waals surface area contributed by atoms with Crippen LogP contribution in [0.5, 0.6) is 11.5 Å². The van der Waals surface area contributed by atoms with Crippen molar-refractivity contribution in [1.82, 2.24) is 0 Å². The van der Waals surface area contributed by atoms with Crippen LogP contribution < -0.4 is 4.74 Å². The second-order valence-corrected chi connectivity index (χ2v) is 9.41. The van der Waals surface area contributed by atoms with Crippen LogP contribution in [-0.4, -0.2) is 22.6 Å². The van der Waals surface area contributed by atoms with Crippen LogP contribution in [0.25, 0.3) is 0 Å². The summed E-state index contributed by atoms with van der Waals surface area (Å²) >= 11 is 0. The van der Waals surface area contributed by atoms with Gasteiger partial charge >= 0.3 is 11.9 Å². The predicted molar refractivity (Wildman–Crippen MR) is 115 cm³/mol. The molecule has 164 valence electrons. The average Bonchev–Trinajstić information content (AvgIpc) is 3.08. The quantitative estimate of drug-likeness (QED) is 0.461. The maximum atomic E-state index is 11.8. The number of aromatic hydroxyl groups is 1. The summed E-state index contributed by atoms with van der Waals surface area (Å²) < 4.78 is 10.8. The number of carbonyl (C=O) groups excluding carboxylic acids is 2. The van der Waals surface area contributed by atoms with Crippen LogP contribution in [0.4, 0.5) is 0 Å². The monoisotopic (exact) mass is 406 g/mol. The number of phenols is 1. The van der Waals surface area contributed by atoms with Crippen molar-refractivity contribution < 1.29 is 24.2 Å². The van der Waals surface area contributed by atoms with Gasteiger partial charge in [0.2, 0.25) is 0 Å². The highest BCUT2D eigenvalue weighted by molar-refractivity contribution is 5.78. The summed E-state index contributed by atoms with van der Waals surface area (Å²) in [5.41, 5.74) is -0.999. The molecule has 0 unspecified atom stereocenters. The maximum absolute atomic E-state index is 11.8. The van der Waals surface area contributed by atoms with E-state index in [0.717, 1.165) is 19.3 Å². The van der Waals surface area contributed by atoms with Gasteiger partial charge in [-0.15, -0.1) is 0 Å². The summed E-state index contributed by atoms with van der Waals surface area (Å²) in [5, 5.41) is 9.19. The van der Waals surface area contributed by atoms with E-state index in [-0.39, 0.29) is 28.7 Å². The molecule has 1 fully saturated rings. The Morgan fingerprint density at radius 1 is 1.00 bits per heavy atom. The Morgan fingerprint density at radius 2 is 1.52 bits per heavy atom. The van der Waals surface area contributed by atoms with Crippen molar-refractivity contribution in [3.63, 3.8) is 0 Å². The Labute approximate surface area is 175 Å². The lowest BCUT2D eigenvalue weighted by Crippen LogP contribution is -2.35. The van der Waals surface area contributed by atoms with Gasteiger partial charge in [-0.1, -0.05) is 19.9 Å². The fourth-order valence-corrected chi connectivity index (χ4v) is 2.67. The Kier molecular flexibility index (Phi) is 8.73. The van der Waals surface area contributed by atoms with Gasteiger partial charge in [0.25, 0.3) is 0 Å². The molecule has 1 aromatic carbocycles. The molecule has 1 saturated carbocycles. The third-order valence-corrected chi connectivity index (χ3v) is 5.90. The number of hydrogen-bond donors (Lipinski definition) is 1. The molecule has 0 amide bonds. The highest BCUT2D eigenvalue weighted by atomic mass is 16.6. The fourth-order valence-electron chi connectivity index (χ4n) is 2.67. The Hall–Kier alpha value is -2.04. The van der Waals surface area contributed by atoms with Crippen molar-refractivity contribution in [2.24, 2.45) is 10.8 Å². The van der Waals surface area contributed by atoms with E-state index < -0.39 is 5.41 Å². The van der Waals surface area contributed by atoms with Crippen molar-refractivity contribution in [3.05, 3.63) is 24.3 Å². The van der Waals surface area contributed by atoms with Crippen LogP contribution in [0, 0.1) is 10.8 Å². The summed E-state index contributed by atoms with van der Waals surface area (Å²) in [4.78, 5) is 23.5. The molecule has 0 aromatic heterocycles. The van der Waals surface area contributed by atoms with Gasteiger partial charge in [-0.2, -0.15) is 0 Å². The van der Waals surface area contributed by atoms with Gasteiger partial charge in [-0.3, -0.25) is 9.59 Å². The topological polar surface area (TPSA) is 72.8 Å². The molecule has 0 atom stereocenters. The first-order valence-electron chi connectivity index (χ1n) is 10.6. The van der Waals surface area contributed by atoms with E-state index in [9.17, 15) is 14.7 Å². The van der Waals surface area contributed by atoms with Crippen LogP contribution in [0.15, 0.2) is 24.3 Å². The van der Waals surface area contributed by atoms with Gasteiger partial charge in [0.1, 0.15) is 17.1 Å². The van der Waals surface area contributed by atoms with Gasteiger partial charge in [-0.05, 0) is 85.3 Å². The lowest BCUT2D eigenvalue weighted by atomic mass is 9.90. The van der Waals surface area contributed by atoms with Gasteiger partial charge in [0.15, 0.2) is 0 Å². The maximum Gasteiger partial charge on any atom is 0.316 e. The highest BCUT2D eigenvalue weighted by Gasteiger charge is 2.37. The Bertz CT molecular complexity index is 684. The third kappa shape index (κ3) is 7.71. The van der Waals surface area contributed by atoms with Crippen LogP contribution in [0.3, 0.4) is 0 Å². The van der Waals surface area contributed by atoms with Crippen LogP contribution in [0.1, 0.15) is 87.0 Å². The first-order chi connectivity index (χ1) is 13.3. The van der Waals surface area contributed by atoms with Crippen molar-refractivity contribution in [1.29, 1.82) is 0 Å². The summed E-state index contributed by atoms with van der Waals surface area (Å²) in [6.07, 6.45) is 5.98. The van der Waals surface area contributed by atoms with Gasteiger partial charge in [0, 0.05) is 6.07 Å². The van der Waals surface area contributed by atoms with Crippen molar-refractivity contribution in [3.8, 4) is 11.5 Å². The molecular formula is C24H38O5. The molecule has 5 nitrogen and oxygen atoms in total. The summed E-state index contributed by atoms with van der Waals surface area (Å²) in [6, 6.07) is 6.23. The number of rotatable bonds is 6. The van der Waals surface area contributed by atoms with E-state index in [1.165, 1.54) is 25.0 Å². The molecule has 1 aromatic rings. The second kappa shape index (κ2) is 10.1. The molecule has 1 aliphatic carbocycles. The number of phenolic OH excluding ortho intramolecular Hbond substituents is 1. The van der Waals surface area contributed by atoms with E-state index in [1.807, 2.05) is 41.5 Å². The molecule has 2 rings (SSSR count). The zero-order valence-electron chi connectivity index (χ0n) is 19.1. The van der Waals surface area contributed by atoms with E-state index in [1.54, 1.807) is 12.1 Å². The van der Waals surface area contributed by atoms with E-state index in [2.05, 4.69) is 6.92 Å². The highest BCUT2D eigenvalue weighted by Crippen LogP contribution is 2.35. The SMILES string of the molecule is CCC(C)(C)C(=O)OC1(C)CCCC1.CCC(C)(C)C(=O)Oc1cccc(O)c1. The minimum atomic E-state index is -0.495. The molecule has 0 radical (unpaired) electrons. The smallest absolute Gasteiger partial charge is 0.316 e. The zero-order valence-corrected chi connectivity index (χ0v) is 19.1. The normalized spacial score (nSPS) is 15.8. The lowest BCUT2D eigenvalue weighted by Gasteiger charge is -2.29. The molecule has 1 aliphatic rings. The molecule has 0 bridgehead atoms. The molecule has 0 heterocycles. The third-order valence-electron chi connectivity index (χ3n) is 5.90. The average molecular weight is 407 g/mol. The van der Waals surface area contributed by atoms with Gasteiger partial charge < -0.3 is 14.6 Å². The lowest BCUT2D eigenvalue weighted by molar-refractivity contribution is -0.168. The van der Waals surface area contributed by atoms with Gasteiger partial charge in [0.05, 0.1) is 10.8 Å².